The highest BCUT2D eigenvalue weighted by atomic mass is 16.1. The van der Waals surface area contributed by atoms with Crippen LogP contribution in [-0.2, 0) is 10.2 Å². The molecular formula is C20H22O. The number of hydrogen-bond acceptors (Lipinski definition) is 1. The molecule has 108 valence electrons. The third-order valence-corrected chi connectivity index (χ3v) is 4.71. The fraction of sp³-hybridized carbons (Fsp3) is 0.350. The van der Waals surface area contributed by atoms with E-state index < -0.39 is 5.41 Å². The molecule has 1 heteroatoms. The topological polar surface area (TPSA) is 17.1 Å². The van der Waals surface area contributed by atoms with Gasteiger partial charge in [-0.3, -0.25) is 4.79 Å². The largest absolute Gasteiger partial charge is 0.298 e. The minimum absolute atomic E-state index is 0.389. The Balaban J connectivity index is 2.16. The third kappa shape index (κ3) is 2.65. The summed E-state index contributed by atoms with van der Waals surface area (Å²) in [5.41, 5.74) is 1.87. The van der Waals surface area contributed by atoms with E-state index in [9.17, 15) is 4.79 Å². The molecule has 3 rings (SSSR count). The van der Waals surface area contributed by atoms with Crippen LogP contribution in [0.2, 0.25) is 0 Å². The van der Waals surface area contributed by atoms with E-state index >= 15 is 0 Å². The Bertz CT molecular complexity index is 546. The number of carbonyl (C=O) groups is 1. The third-order valence-electron chi connectivity index (χ3n) is 4.71. The first-order valence-electron chi connectivity index (χ1n) is 7.98. The normalized spacial score (nSPS) is 18.8. The van der Waals surface area contributed by atoms with Crippen LogP contribution in [-0.4, -0.2) is 5.78 Å². The van der Waals surface area contributed by atoms with E-state index in [0.717, 1.165) is 30.4 Å². The molecule has 2 aromatic rings. The number of Topliss-reactive ketones (excluding diaryl/α,β-unsaturated/α-hetero) is 1. The van der Waals surface area contributed by atoms with Crippen LogP contribution in [0.1, 0.15) is 49.7 Å². The van der Waals surface area contributed by atoms with Gasteiger partial charge in [0, 0.05) is 6.42 Å². The number of carbonyl (C=O) groups excluding carboxylic acids is 1. The minimum Gasteiger partial charge on any atom is -0.298 e. The maximum absolute atomic E-state index is 13.1. The molecule has 0 aliphatic heterocycles. The number of ketones is 1. The average molecular weight is 278 g/mol. The molecule has 2 aromatic carbocycles. The van der Waals surface area contributed by atoms with Crippen LogP contribution >= 0.6 is 0 Å². The zero-order chi connectivity index (χ0) is 14.5. The second kappa shape index (κ2) is 6.26. The van der Waals surface area contributed by atoms with Gasteiger partial charge in [0.2, 0.25) is 0 Å². The zero-order valence-corrected chi connectivity index (χ0v) is 12.4. The van der Waals surface area contributed by atoms with Gasteiger partial charge in [-0.1, -0.05) is 79.9 Å². The summed E-state index contributed by atoms with van der Waals surface area (Å²) in [5.74, 6) is 0.389. The van der Waals surface area contributed by atoms with E-state index in [1.807, 2.05) is 36.4 Å². The summed E-state index contributed by atoms with van der Waals surface area (Å²) in [6, 6.07) is 20.7. The van der Waals surface area contributed by atoms with E-state index in [-0.39, 0.29) is 0 Å². The fourth-order valence-electron chi connectivity index (χ4n) is 3.60. The number of rotatable bonds is 2. The van der Waals surface area contributed by atoms with Crippen LogP contribution in [0.4, 0.5) is 0 Å². The van der Waals surface area contributed by atoms with Crippen molar-refractivity contribution in [1.29, 1.82) is 0 Å². The Labute approximate surface area is 127 Å². The highest BCUT2D eigenvalue weighted by Gasteiger charge is 2.40. The lowest BCUT2D eigenvalue weighted by Crippen LogP contribution is -2.38. The van der Waals surface area contributed by atoms with Crippen molar-refractivity contribution in [3.63, 3.8) is 0 Å². The molecule has 1 aliphatic rings. The first-order valence-corrected chi connectivity index (χ1v) is 7.98. The summed E-state index contributed by atoms with van der Waals surface area (Å²) < 4.78 is 0. The van der Waals surface area contributed by atoms with Gasteiger partial charge >= 0.3 is 0 Å². The van der Waals surface area contributed by atoms with Crippen LogP contribution in [0.3, 0.4) is 0 Å². The standard InChI is InChI=1S/C20H22O/c21-19-15-9-1-2-10-16-20(19,17-11-5-3-6-12-17)18-13-7-4-8-14-18/h3-8,11-14H,1-2,9-10,15-16H2. The van der Waals surface area contributed by atoms with Crippen LogP contribution < -0.4 is 0 Å². The Morgan fingerprint density at radius 3 is 1.76 bits per heavy atom. The summed E-state index contributed by atoms with van der Waals surface area (Å²) in [5, 5.41) is 0. The highest BCUT2D eigenvalue weighted by molar-refractivity contribution is 5.93. The van der Waals surface area contributed by atoms with Gasteiger partial charge in [-0.25, -0.2) is 0 Å². The summed E-state index contributed by atoms with van der Waals surface area (Å²) in [6.07, 6.45) is 6.19. The first-order chi connectivity index (χ1) is 10.3. The lowest BCUT2D eigenvalue weighted by molar-refractivity contribution is -0.124. The summed E-state index contributed by atoms with van der Waals surface area (Å²) in [4.78, 5) is 13.1. The quantitative estimate of drug-likeness (QED) is 0.764. The van der Waals surface area contributed by atoms with Crippen LogP contribution in [0.15, 0.2) is 60.7 Å². The molecule has 0 saturated heterocycles. The van der Waals surface area contributed by atoms with Gasteiger partial charge in [-0.05, 0) is 24.0 Å². The van der Waals surface area contributed by atoms with Crippen LogP contribution in [0.25, 0.3) is 0 Å². The Hall–Kier alpha value is -1.89. The van der Waals surface area contributed by atoms with Crippen molar-refractivity contribution in [3.8, 4) is 0 Å². The Morgan fingerprint density at radius 2 is 1.19 bits per heavy atom. The lowest BCUT2D eigenvalue weighted by Gasteiger charge is -2.35. The van der Waals surface area contributed by atoms with Crippen molar-refractivity contribution >= 4 is 5.78 Å². The molecular weight excluding hydrogens is 256 g/mol. The predicted octanol–water partition coefficient (Wildman–Crippen LogP) is 4.90. The van der Waals surface area contributed by atoms with E-state index in [1.54, 1.807) is 0 Å². The molecule has 0 spiro atoms. The van der Waals surface area contributed by atoms with Gasteiger partial charge in [-0.2, -0.15) is 0 Å². The molecule has 0 atom stereocenters. The number of benzene rings is 2. The Kier molecular flexibility index (Phi) is 4.19. The van der Waals surface area contributed by atoms with Gasteiger partial charge in [0.25, 0.3) is 0 Å². The molecule has 0 amide bonds. The van der Waals surface area contributed by atoms with E-state index in [4.69, 9.17) is 0 Å². The monoisotopic (exact) mass is 278 g/mol. The molecule has 0 bridgehead atoms. The molecule has 1 saturated carbocycles. The fourth-order valence-corrected chi connectivity index (χ4v) is 3.60. The molecule has 0 unspecified atom stereocenters. The number of hydrogen-bond donors (Lipinski definition) is 0. The van der Waals surface area contributed by atoms with Gasteiger partial charge in [0.1, 0.15) is 5.78 Å². The molecule has 1 aliphatic carbocycles. The second-order valence-corrected chi connectivity index (χ2v) is 5.97. The molecule has 1 fully saturated rings. The molecule has 21 heavy (non-hydrogen) atoms. The molecule has 0 N–H and O–H groups in total. The smallest absolute Gasteiger partial charge is 0.147 e. The van der Waals surface area contributed by atoms with Gasteiger partial charge in [0.05, 0.1) is 5.41 Å². The van der Waals surface area contributed by atoms with E-state index in [1.165, 1.54) is 12.8 Å². The maximum atomic E-state index is 13.1. The second-order valence-electron chi connectivity index (χ2n) is 5.97. The first kappa shape index (κ1) is 14.1. The molecule has 0 aromatic heterocycles. The highest BCUT2D eigenvalue weighted by Crippen LogP contribution is 2.40. The summed E-state index contributed by atoms with van der Waals surface area (Å²) >= 11 is 0. The summed E-state index contributed by atoms with van der Waals surface area (Å²) in [6.45, 7) is 0. The molecule has 0 heterocycles. The van der Waals surface area contributed by atoms with Crippen molar-refractivity contribution in [2.75, 3.05) is 0 Å². The van der Waals surface area contributed by atoms with Gasteiger partial charge in [-0.15, -0.1) is 0 Å². The summed E-state index contributed by atoms with van der Waals surface area (Å²) in [7, 11) is 0. The van der Waals surface area contributed by atoms with Gasteiger partial charge < -0.3 is 0 Å². The van der Waals surface area contributed by atoms with Crippen LogP contribution in [0.5, 0.6) is 0 Å². The average Bonchev–Trinajstić information content (AvgIpc) is 2.54. The van der Waals surface area contributed by atoms with Crippen molar-refractivity contribution < 1.29 is 4.79 Å². The lowest BCUT2D eigenvalue weighted by atomic mass is 9.66. The maximum Gasteiger partial charge on any atom is 0.147 e. The SMILES string of the molecule is O=C1CCCCCCC1(c1ccccc1)c1ccccc1. The molecule has 0 radical (unpaired) electrons. The van der Waals surface area contributed by atoms with Crippen molar-refractivity contribution in [2.45, 2.75) is 43.9 Å². The van der Waals surface area contributed by atoms with Crippen molar-refractivity contribution in [1.82, 2.24) is 0 Å². The van der Waals surface area contributed by atoms with Crippen LogP contribution in [0, 0.1) is 0 Å². The van der Waals surface area contributed by atoms with E-state index in [0.29, 0.717) is 12.2 Å². The van der Waals surface area contributed by atoms with Crippen molar-refractivity contribution in [3.05, 3.63) is 71.8 Å². The van der Waals surface area contributed by atoms with Gasteiger partial charge in [0.15, 0.2) is 0 Å². The van der Waals surface area contributed by atoms with E-state index in [2.05, 4.69) is 24.3 Å². The molecule has 1 nitrogen and oxygen atoms in total. The predicted molar refractivity (Wildman–Crippen MR) is 86.4 cm³/mol. The Morgan fingerprint density at radius 1 is 0.667 bits per heavy atom. The minimum atomic E-state index is -0.442. The van der Waals surface area contributed by atoms with Crippen molar-refractivity contribution in [2.24, 2.45) is 0 Å². The zero-order valence-electron chi connectivity index (χ0n) is 12.4.